The number of hydrogen-bond acceptors (Lipinski definition) is 6. The fourth-order valence-electron chi connectivity index (χ4n) is 1.21. The third-order valence-corrected chi connectivity index (χ3v) is 7.51. The Kier molecular flexibility index (Phi) is 17.2. The Morgan fingerprint density at radius 3 is 1.33 bits per heavy atom. The molecule has 0 aliphatic heterocycles. The van der Waals surface area contributed by atoms with Gasteiger partial charge in [0.25, 0.3) is 0 Å². The van der Waals surface area contributed by atoms with Crippen molar-refractivity contribution in [3.05, 3.63) is 0 Å². The molecule has 2 unspecified atom stereocenters. The molecule has 0 aromatic heterocycles. The van der Waals surface area contributed by atoms with Crippen LogP contribution in [0.25, 0.3) is 0 Å². The molecule has 10 heteroatoms. The van der Waals surface area contributed by atoms with Gasteiger partial charge in [0, 0.05) is 14.2 Å². The molecule has 0 rings (SSSR count). The first kappa shape index (κ1) is 26.1. The van der Waals surface area contributed by atoms with Gasteiger partial charge in [-0.3, -0.25) is 9.13 Å². The Labute approximate surface area is 127 Å². The van der Waals surface area contributed by atoms with E-state index in [9.17, 15) is 9.13 Å². The van der Waals surface area contributed by atoms with Crippen molar-refractivity contribution in [2.75, 3.05) is 33.3 Å². The van der Waals surface area contributed by atoms with E-state index in [-0.39, 0.29) is 16.9 Å². The van der Waals surface area contributed by atoms with Gasteiger partial charge in [0.2, 0.25) is 0 Å². The maximum atomic E-state index is 12.3. The van der Waals surface area contributed by atoms with Crippen LogP contribution in [0.4, 0.5) is 0 Å². The summed E-state index contributed by atoms with van der Waals surface area (Å²) in [6.45, 7) is 4.60. The quantitative estimate of drug-likeness (QED) is 0.391. The second-order valence-corrected chi connectivity index (χ2v) is 8.92. The SMILES string of the molecule is CCCCOP(=O)(CP(=O)(OC)OCCCC)OC.O.O. The summed E-state index contributed by atoms with van der Waals surface area (Å²) in [6.07, 6.45) is 3.36. The fraction of sp³-hybridized carbons (Fsp3) is 1.00. The van der Waals surface area contributed by atoms with Gasteiger partial charge in [-0.15, -0.1) is 0 Å². The van der Waals surface area contributed by atoms with Crippen molar-refractivity contribution in [2.24, 2.45) is 0 Å². The average molecular weight is 352 g/mol. The van der Waals surface area contributed by atoms with E-state index in [1.54, 1.807) is 0 Å². The Morgan fingerprint density at radius 2 is 1.10 bits per heavy atom. The third-order valence-electron chi connectivity index (χ3n) is 2.47. The predicted molar refractivity (Wildman–Crippen MR) is 83.0 cm³/mol. The molecule has 132 valence electrons. The van der Waals surface area contributed by atoms with Gasteiger partial charge in [0.1, 0.15) is 0 Å². The molecule has 0 aromatic carbocycles. The van der Waals surface area contributed by atoms with Gasteiger partial charge in [-0.1, -0.05) is 26.7 Å². The first-order chi connectivity index (χ1) is 8.95. The Bertz CT molecular complexity index is 293. The lowest BCUT2D eigenvalue weighted by Crippen LogP contribution is -2.04. The lowest BCUT2D eigenvalue weighted by molar-refractivity contribution is 0.217. The molecule has 8 nitrogen and oxygen atoms in total. The van der Waals surface area contributed by atoms with E-state index >= 15 is 0 Å². The zero-order valence-corrected chi connectivity index (χ0v) is 15.1. The van der Waals surface area contributed by atoms with Crippen molar-refractivity contribution in [1.82, 2.24) is 0 Å². The van der Waals surface area contributed by atoms with Crippen LogP contribution in [0, 0.1) is 0 Å². The van der Waals surface area contributed by atoms with E-state index < -0.39 is 15.2 Å². The molecule has 21 heavy (non-hydrogen) atoms. The standard InChI is InChI=1S/C11H26O6P2.2H2O/c1-5-7-9-16-18(12,14-3)11-19(13,15-4)17-10-8-6-2;;/h5-11H2,1-4H3;2*1H2. The van der Waals surface area contributed by atoms with E-state index in [1.807, 2.05) is 13.8 Å². The second-order valence-electron chi connectivity index (χ2n) is 4.10. The van der Waals surface area contributed by atoms with Crippen LogP contribution in [0.15, 0.2) is 0 Å². The van der Waals surface area contributed by atoms with Crippen molar-refractivity contribution in [3.63, 3.8) is 0 Å². The summed E-state index contributed by atoms with van der Waals surface area (Å²) >= 11 is 0. The minimum Gasteiger partial charge on any atom is -0.412 e. The minimum absolute atomic E-state index is 0. The lowest BCUT2D eigenvalue weighted by atomic mass is 10.4. The van der Waals surface area contributed by atoms with Gasteiger partial charge < -0.3 is 29.0 Å². The van der Waals surface area contributed by atoms with Crippen LogP contribution < -0.4 is 0 Å². The van der Waals surface area contributed by atoms with Gasteiger partial charge in [-0.05, 0) is 12.8 Å². The van der Waals surface area contributed by atoms with Gasteiger partial charge >= 0.3 is 15.2 Å². The maximum Gasteiger partial charge on any atom is 0.342 e. The fourth-order valence-corrected chi connectivity index (χ4v) is 5.51. The highest BCUT2D eigenvalue weighted by Crippen LogP contribution is 2.63. The summed E-state index contributed by atoms with van der Waals surface area (Å²) in [7, 11) is -4.31. The molecule has 4 N–H and O–H groups in total. The number of rotatable bonds is 12. The molecule has 0 aliphatic rings. The van der Waals surface area contributed by atoms with Crippen LogP contribution in [0.2, 0.25) is 0 Å². The zero-order valence-electron chi connectivity index (χ0n) is 13.3. The molecule has 0 amide bonds. The van der Waals surface area contributed by atoms with Crippen LogP contribution in [0.1, 0.15) is 39.5 Å². The molecule has 0 aliphatic carbocycles. The molecular formula is C11H30O8P2. The highest BCUT2D eigenvalue weighted by Gasteiger charge is 2.37. The minimum atomic E-state index is -3.43. The normalized spacial score (nSPS) is 16.2. The summed E-state index contributed by atoms with van der Waals surface area (Å²) in [4.78, 5) is 0. The van der Waals surface area contributed by atoms with Crippen LogP contribution >= 0.6 is 15.2 Å². The topological polar surface area (TPSA) is 134 Å². The summed E-state index contributed by atoms with van der Waals surface area (Å²) < 4.78 is 44.8. The Hall–Kier alpha value is 0.220. The van der Waals surface area contributed by atoms with Gasteiger partial charge in [0.15, 0.2) is 5.90 Å². The van der Waals surface area contributed by atoms with Crippen molar-refractivity contribution >= 4 is 15.2 Å². The van der Waals surface area contributed by atoms with E-state index in [0.29, 0.717) is 13.2 Å². The molecule has 0 fully saturated rings. The van der Waals surface area contributed by atoms with Crippen LogP contribution in [-0.4, -0.2) is 44.3 Å². The first-order valence-corrected chi connectivity index (χ1v) is 9.99. The lowest BCUT2D eigenvalue weighted by Gasteiger charge is -2.21. The number of unbranched alkanes of at least 4 members (excludes halogenated alkanes) is 2. The molecule has 0 radical (unpaired) electrons. The van der Waals surface area contributed by atoms with E-state index in [0.717, 1.165) is 25.7 Å². The molecule has 0 bridgehead atoms. The van der Waals surface area contributed by atoms with E-state index in [2.05, 4.69) is 0 Å². The molecule has 0 aromatic rings. The highest BCUT2D eigenvalue weighted by atomic mass is 31.2. The summed E-state index contributed by atoms with van der Waals surface area (Å²) in [5.74, 6) is -0.347. The predicted octanol–water partition coefficient (Wildman–Crippen LogP) is 2.61. The molecule has 0 spiro atoms. The Balaban J connectivity index is -0.00000162. The van der Waals surface area contributed by atoms with Gasteiger partial charge in [-0.2, -0.15) is 0 Å². The summed E-state index contributed by atoms with van der Waals surface area (Å²) in [5, 5.41) is 0. The van der Waals surface area contributed by atoms with Crippen molar-refractivity contribution in [3.8, 4) is 0 Å². The third kappa shape index (κ3) is 11.4. The smallest absolute Gasteiger partial charge is 0.342 e. The van der Waals surface area contributed by atoms with Gasteiger partial charge in [-0.25, -0.2) is 0 Å². The monoisotopic (exact) mass is 352 g/mol. The molecular weight excluding hydrogens is 322 g/mol. The summed E-state index contributed by atoms with van der Waals surface area (Å²) in [6, 6.07) is 0. The van der Waals surface area contributed by atoms with Crippen LogP contribution in [0.3, 0.4) is 0 Å². The highest BCUT2D eigenvalue weighted by molar-refractivity contribution is 7.71. The van der Waals surface area contributed by atoms with Crippen LogP contribution in [-0.2, 0) is 27.2 Å². The molecule has 2 atom stereocenters. The largest absolute Gasteiger partial charge is 0.412 e. The van der Waals surface area contributed by atoms with E-state index in [1.165, 1.54) is 14.2 Å². The molecule has 0 heterocycles. The zero-order chi connectivity index (χ0) is 14.8. The van der Waals surface area contributed by atoms with Crippen molar-refractivity contribution in [1.29, 1.82) is 0 Å². The first-order valence-electron chi connectivity index (χ1n) is 6.54. The molecule has 0 saturated heterocycles. The maximum absolute atomic E-state index is 12.3. The van der Waals surface area contributed by atoms with Crippen molar-refractivity contribution in [2.45, 2.75) is 39.5 Å². The second kappa shape index (κ2) is 13.9. The summed E-state index contributed by atoms with van der Waals surface area (Å²) in [5.41, 5.74) is 0. The van der Waals surface area contributed by atoms with Crippen LogP contribution in [0.5, 0.6) is 0 Å². The number of hydrogen-bond donors (Lipinski definition) is 0. The van der Waals surface area contributed by atoms with E-state index in [4.69, 9.17) is 18.1 Å². The van der Waals surface area contributed by atoms with Gasteiger partial charge in [0.05, 0.1) is 13.2 Å². The average Bonchev–Trinajstić information content (AvgIpc) is 2.39. The Morgan fingerprint density at radius 1 is 0.762 bits per heavy atom. The molecule has 0 saturated carbocycles. The van der Waals surface area contributed by atoms with Crippen molar-refractivity contribution < 1.29 is 38.2 Å².